The van der Waals surface area contributed by atoms with E-state index in [4.69, 9.17) is 4.52 Å². The number of piperidine rings is 1. The van der Waals surface area contributed by atoms with Gasteiger partial charge in [-0.25, -0.2) is 0 Å². The van der Waals surface area contributed by atoms with Crippen LogP contribution < -0.4 is 10.6 Å². The zero-order chi connectivity index (χ0) is 19.1. The molecule has 152 valence electrons. The number of hydrogen-bond donors (Lipinski definition) is 2. The quantitative estimate of drug-likeness (QED) is 0.736. The molecular formula is C20H27ClN4O3. The summed E-state index contributed by atoms with van der Waals surface area (Å²) in [5, 5.41) is 9.62. The van der Waals surface area contributed by atoms with E-state index in [1.165, 1.54) is 0 Å². The van der Waals surface area contributed by atoms with Crippen LogP contribution in [0.15, 0.2) is 40.9 Å². The fraction of sp³-hybridized carbons (Fsp3) is 0.450. The van der Waals surface area contributed by atoms with Crippen molar-refractivity contribution in [1.29, 1.82) is 0 Å². The van der Waals surface area contributed by atoms with E-state index in [0.29, 0.717) is 11.7 Å². The summed E-state index contributed by atoms with van der Waals surface area (Å²) in [6, 6.07) is 11.0. The molecule has 1 aromatic heterocycles. The first-order valence-corrected chi connectivity index (χ1v) is 9.40. The van der Waals surface area contributed by atoms with Crippen LogP contribution in [0.25, 0.3) is 11.3 Å². The minimum Gasteiger partial charge on any atom is -0.355 e. The van der Waals surface area contributed by atoms with Crippen LogP contribution in [0.2, 0.25) is 0 Å². The van der Waals surface area contributed by atoms with Gasteiger partial charge in [-0.3, -0.25) is 9.59 Å². The van der Waals surface area contributed by atoms with Gasteiger partial charge in [0.05, 0.1) is 6.54 Å². The molecule has 8 heteroatoms. The molecule has 0 saturated carbocycles. The highest BCUT2D eigenvalue weighted by molar-refractivity contribution is 5.95. The van der Waals surface area contributed by atoms with E-state index in [9.17, 15) is 9.59 Å². The molecule has 3 rings (SSSR count). The first-order valence-electron chi connectivity index (χ1n) is 9.40. The molecule has 1 aromatic carbocycles. The Bertz CT molecular complexity index is 758. The van der Waals surface area contributed by atoms with Crippen LogP contribution in [-0.4, -0.2) is 55.1 Å². The summed E-state index contributed by atoms with van der Waals surface area (Å²) in [4.78, 5) is 26.4. The molecular weight excluding hydrogens is 380 g/mol. The van der Waals surface area contributed by atoms with Crippen LogP contribution in [0.1, 0.15) is 29.8 Å². The van der Waals surface area contributed by atoms with Crippen LogP contribution in [-0.2, 0) is 4.79 Å². The van der Waals surface area contributed by atoms with Crippen LogP contribution in [0.5, 0.6) is 0 Å². The Morgan fingerprint density at radius 1 is 1.21 bits per heavy atom. The molecule has 0 unspecified atom stereocenters. The fourth-order valence-corrected chi connectivity index (χ4v) is 3.30. The lowest BCUT2D eigenvalue weighted by Gasteiger charge is -2.32. The number of carbonyl (C=O) groups is 2. The molecule has 1 aliphatic rings. The average Bonchev–Trinajstić information content (AvgIpc) is 3.21. The summed E-state index contributed by atoms with van der Waals surface area (Å²) in [6.07, 6.45) is 3.18. The van der Waals surface area contributed by atoms with E-state index < -0.39 is 5.91 Å². The van der Waals surface area contributed by atoms with Gasteiger partial charge >= 0.3 is 0 Å². The molecule has 1 saturated heterocycles. The lowest BCUT2D eigenvalue weighted by atomic mass is 9.93. The maximum Gasteiger partial charge on any atom is 0.273 e. The second-order valence-electron chi connectivity index (χ2n) is 6.84. The Balaban J connectivity index is 0.00000280. The number of likely N-dealkylation sites (tertiary alicyclic amines) is 1. The molecule has 28 heavy (non-hydrogen) atoms. The third-order valence-corrected chi connectivity index (χ3v) is 4.97. The van der Waals surface area contributed by atoms with Gasteiger partial charge in [-0.2, -0.15) is 0 Å². The second kappa shape index (κ2) is 10.8. The molecule has 0 spiro atoms. The molecule has 2 heterocycles. The van der Waals surface area contributed by atoms with Crippen molar-refractivity contribution in [3.05, 3.63) is 42.1 Å². The lowest BCUT2D eigenvalue weighted by molar-refractivity contribution is -0.131. The normalized spacial score (nSPS) is 14.4. The minimum absolute atomic E-state index is 0. The molecule has 2 amide bonds. The molecule has 0 radical (unpaired) electrons. The van der Waals surface area contributed by atoms with Crippen molar-refractivity contribution in [2.75, 3.05) is 33.2 Å². The highest BCUT2D eigenvalue weighted by Crippen LogP contribution is 2.21. The second-order valence-corrected chi connectivity index (χ2v) is 6.84. The molecule has 2 aromatic rings. The Hall–Kier alpha value is -2.38. The molecule has 1 fully saturated rings. The van der Waals surface area contributed by atoms with Crippen molar-refractivity contribution in [3.63, 3.8) is 0 Å². The topological polar surface area (TPSA) is 87.5 Å². The summed E-state index contributed by atoms with van der Waals surface area (Å²) < 4.78 is 5.23. The molecule has 1 aliphatic heterocycles. The van der Waals surface area contributed by atoms with Crippen molar-refractivity contribution in [1.82, 2.24) is 20.7 Å². The summed E-state index contributed by atoms with van der Waals surface area (Å²) >= 11 is 0. The summed E-state index contributed by atoms with van der Waals surface area (Å²) in [7, 11) is 1.96. The van der Waals surface area contributed by atoms with E-state index in [1.807, 2.05) is 42.3 Å². The highest BCUT2D eigenvalue weighted by Gasteiger charge is 2.23. The smallest absolute Gasteiger partial charge is 0.273 e. The van der Waals surface area contributed by atoms with Gasteiger partial charge in [0.25, 0.3) is 5.91 Å². The predicted octanol–water partition coefficient (Wildman–Crippen LogP) is 2.34. The van der Waals surface area contributed by atoms with Crippen molar-refractivity contribution < 1.29 is 14.1 Å². The average molecular weight is 407 g/mol. The minimum atomic E-state index is -0.404. The highest BCUT2D eigenvalue weighted by atomic mass is 35.5. The summed E-state index contributed by atoms with van der Waals surface area (Å²) in [5.74, 6) is 0.735. The number of aromatic nitrogens is 1. The van der Waals surface area contributed by atoms with Crippen molar-refractivity contribution in [3.8, 4) is 11.3 Å². The fourth-order valence-electron chi connectivity index (χ4n) is 3.30. The third kappa shape index (κ3) is 5.81. The van der Waals surface area contributed by atoms with Crippen LogP contribution in [0.4, 0.5) is 0 Å². The maximum absolute atomic E-state index is 12.3. The zero-order valence-electron chi connectivity index (χ0n) is 16.0. The number of hydrogen-bond acceptors (Lipinski definition) is 5. The molecule has 2 N–H and O–H groups in total. The van der Waals surface area contributed by atoms with E-state index in [2.05, 4.69) is 15.8 Å². The standard InChI is InChI=1S/C20H26N4O3.ClH/c1-21-10-7-15-8-11-24(12-9-15)19(25)14-22-20(26)17-13-18(27-23-17)16-5-3-2-4-6-16;/h2-6,13,15,21H,7-12,14H2,1H3,(H,22,26);1H. The first kappa shape index (κ1) is 21.9. The van der Waals surface area contributed by atoms with Crippen molar-refractivity contribution in [2.45, 2.75) is 19.3 Å². The summed E-state index contributed by atoms with van der Waals surface area (Å²) in [5.41, 5.74) is 1.02. The molecule has 0 bridgehead atoms. The Labute approximate surface area is 171 Å². The largest absolute Gasteiger partial charge is 0.355 e. The number of nitrogens with zero attached hydrogens (tertiary/aromatic N) is 2. The van der Waals surface area contributed by atoms with Gasteiger partial charge in [0.1, 0.15) is 0 Å². The number of benzene rings is 1. The van der Waals surface area contributed by atoms with Crippen LogP contribution in [0.3, 0.4) is 0 Å². The SMILES string of the molecule is CNCCC1CCN(C(=O)CNC(=O)c2cc(-c3ccccc3)on2)CC1.Cl. The van der Waals surface area contributed by atoms with Crippen LogP contribution >= 0.6 is 12.4 Å². The lowest BCUT2D eigenvalue weighted by Crippen LogP contribution is -2.44. The number of carbonyl (C=O) groups excluding carboxylic acids is 2. The zero-order valence-corrected chi connectivity index (χ0v) is 16.8. The Kier molecular flexibility index (Phi) is 8.47. The number of halogens is 1. The Morgan fingerprint density at radius 3 is 2.61 bits per heavy atom. The molecule has 7 nitrogen and oxygen atoms in total. The number of nitrogens with one attached hydrogen (secondary N) is 2. The van der Waals surface area contributed by atoms with Gasteiger partial charge in [-0.05, 0) is 38.8 Å². The van der Waals surface area contributed by atoms with Gasteiger partial charge in [-0.15, -0.1) is 12.4 Å². The van der Waals surface area contributed by atoms with Crippen molar-refractivity contribution in [2.24, 2.45) is 5.92 Å². The summed E-state index contributed by atoms with van der Waals surface area (Å²) in [6.45, 7) is 2.50. The van der Waals surface area contributed by atoms with Crippen molar-refractivity contribution >= 4 is 24.2 Å². The van der Waals surface area contributed by atoms with E-state index >= 15 is 0 Å². The van der Waals surface area contributed by atoms with E-state index in [-0.39, 0.29) is 30.6 Å². The van der Waals surface area contributed by atoms with Gasteiger partial charge < -0.3 is 20.1 Å². The van der Waals surface area contributed by atoms with Gasteiger partial charge in [0.15, 0.2) is 11.5 Å². The van der Waals surface area contributed by atoms with Gasteiger partial charge in [0, 0.05) is 24.7 Å². The first-order chi connectivity index (χ1) is 13.2. The number of rotatable bonds is 7. The van der Waals surface area contributed by atoms with Crippen LogP contribution in [0, 0.1) is 5.92 Å². The third-order valence-electron chi connectivity index (χ3n) is 4.97. The monoisotopic (exact) mass is 406 g/mol. The Morgan fingerprint density at radius 2 is 1.93 bits per heavy atom. The molecule has 0 aliphatic carbocycles. The maximum atomic E-state index is 12.3. The van der Waals surface area contributed by atoms with Gasteiger partial charge in [-0.1, -0.05) is 35.5 Å². The van der Waals surface area contributed by atoms with Gasteiger partial charge in [0.2, 0.25) is 5.91 Å². The predicted molar refractivity (Wildman–Crippen MR) is 109 cm³/mol. The van der Waals surface area contributed by atoms with E-state index in [0.717, 1.165) is 44.5 Å². The number of amides is 2. The molecule has 0 atom stereocenters. The van der Waals surface area contributed by atoms with E-state index in [1.54, 1.807) is 6.07 Å².